The zero-order valence-electron chi connectivity index (χ0n) is 15.4. The number of thiophene rings is 1. The number of methoxy groups -OCH3 is 1. The van der Waals surface area contributed by atoms with Gasteiger partial charge in [-0.3, -0.25) is 0 Å². The monoisotopic (exact) mass is 439 g/mol. The summed E-state index contributed by atoms with van der Waals surface area (Å²) in [7, 11) is 1.25. The number of hydrogen-bond acceptors (Lipinski definition) is 4. The van der Waals surface area contributed by atoms with Crippen LogP contribution in [0.5, 0.6) is 0 Å². The lowest BCUT2D eigenvalue weighted by atomic mass is 9.97. The molecule has 0 saturated carbocycles. The molecule has 0 spiro atoms. The number of rotatable bonds is 5. The first-order valence-electron chi connectivity index (χ1n) is 8.53. The van der Waals surface area contributed by atoms with E-state index in [1.54, 1.807) is 0 Å². The summed E-state index contributed by atoms with van der Waals surface area (Å²) in [4.78, 5) is 13.4. The fourth-order valence-corrected chi connectivity index (χ4v) is 3.80. The number of nitriles is 1. The lowest BCUT2D eigenvalue weighted by Gasteiger charge is -2.09. The molecule has 0 aliphatic rings. The highest BCUT2D eigenvalue weighted by Crippen LogP contribution is 2.31. The van der Waals surface area contributed by atoms with Gasteiger partial charge in [0.2, 0.25) is 0 Å². The summed E-state index contributed by atoms with van der Waals surface area (Å²) >= 11 is 13.5. The molecular formula is C23H15Cl2NO2S. The quantitative estimate of drug-likeness (QED) is 0.251. The summed E-state index contributed by atoms with van der Waals surface area (Å²) in [5.41, 5.74) is 2.98. The van der Waals surface area contributed by atoms with E-state index in [9.17, 15) is 4.79 Å². The number of nitrogens with zero attached hydrogens (tertiary/aromatic N) is 1. The van der Waals surface area contributed by atoms with Crippen LogP contribution in [-0.2, 0) is 9.53 Å². The second-order valence-electron chi connectivity index (χ2n) is 5.97. The van der Waals surface area contributed by atoms with Gasteiger partial charge in [0.05, 0.1) is 7.11 Å². The van der Waals surface area contributed by atoms with Crippen LogP contribution in [0.3, 0.4) is 0 Å². The SMILES string of the molecule is COC(=O)C(C#N)=Cc1ccc(C=C(c2ccc(Cl)cc2)c2ccc(Cl)cc2)s1. The predicted molar refractivity (Wildman–Crippen MR) is 120 cm³/mol. The van der Waals surface area contributed by atoms with Crippen LogP contribution in [0, 0.1) is 11.3 Å². The number of ether oxygens (including phenoxy) is 1. The van der Waals surface area contributed by atoms with Crippen LogP contribution in [-0.4, -0.2) is 13.1 Å². The highest BCUT2D eigenvalue weighted by molar-refractivity contribution is 7.13. The van der Waals surface area contributed by atoms with Crippen molar-refractivity contribution < 1.29 is 9.53 Å². The van der Waals surface area contributed by atoms with E-state index in [4.69, 9.17) is 28.5 Å². The van der Waals surface area contributed by atoms with Crippen molar-refractivity contribution in [3.05, 3.63) is 97.2 Å². The van der Waals surface area contributed by atoms with Crippen molar-refractivity contribution in [2.45, 2.75) is 0 Å². The summed E-state index contributed by atoms with van der Waals surface area (Å²) in [5, 5.41) is 10.5. The van der Waals surface area contributed by atoms with E-state index in [0.29, 0.717) is 10.0 Å². The van der Waals surface area contributed by atoms with Crippen LogP contribution in [0.25, 0.3) is 17.7 Å². The molecule has 3 aromatic rings. The molecule has 1 aromatic heterocycles. The fourth-order valence-electron chi connectivity index (χ4n) is 2.65. The molecule has 6 heteroatoms. The molecule has 3 nitrogen and oxygen atoms in total. The lowest BCUT2D eigenvalue weighted by Crippen LogP contribution is -2.02. The number of esters is 1. The smallest absolute Gasteiger partial charge is 0.348 e. The molecule has 0 radical (unpaired) electrons. The minimum absolute atomic E-state index is 0.0412. The number of benzene rings is 2. The maximum absolute atomic E-state index is 11.6. The first kappa shape index (κ1) is 20.9. The van der Waals surface area contributed by atoms with Crippen LogP contribution in [0.1, 0.15) is 20.9 Å². The number of hydrogen-bond donors (Lipinski definition) is 0. The van der Waals surface area contributed by atoms with Gasteiger partial charge in [-0.25, -0.2) is 4.79 Å². The van der Waals surface area contributed by atoms with E-state index in [1.807, 2.05) is 66.7 Å². The molecule has 3 rings (SSSR count). The summed E-state index contributed by atoms with van der Waals surface area (Å²) in [6.07, 6.45) is 3.58. The Morgan fingerprint density at radius 2 is 1.38 bits per heavy atom. The van der Waals surface area contributed by atoms with Crippen molar-refractivity contribution in [1.82, 2.24) is 0 Å². The summed E-state index contributed by atoms with van der Waals surface area (Å²) in [6, 6.07) is 20.9. The average molecular weight is 440 g/mol. The van der Waals surface area contributed by atoms with Crippen LogP contribution in [0.2, 0.25) is 10.0 Å². The second-order valence-corrected chi connectivity index (χ2v) is 7.99. The predicted octanol–water partition coefficient (Wildman–Crippen LogP) is 6.72. The third-order valence-corrected chi connectivity index (χ3v) is 5.54. The second kappa shape index (κ2) is 9.58. The Bertz CT molecular complexity index is 1070. The molecule has 0 aliphatic heterocycles. The van der Waals surface area contributed by atoms with Gasteiger partial charge in [-0.1, -0.05) is 47.5 Å². The molecule has 29 heavy (non-hydrogen) atoms. The van der Waals surface area contributed by atoms with Gasteiger partial charge in [-0.2, -0.15) is 5.26 Å². The Morgan fingerprint density at radius 1 is 0.897 bits per heavy atom. The Hall–Kier alpha value is -2.84. The molecule has 2 aromatic carbocycles. The molecule has 0 atom stereocenters. The fraction of sp³-hybridized carbons (Fsp3) is 0.0435. The van der Waals surface area contributed by atoms with Crippen molar-refractivity contribution in [3.63, 3.8) is 0 Å². The highest BCUT2D eigenvalue weighted by Gasteiger charge is 2.10. The highest BCUT2D eigenvalue weighted by atomic mass is 35.5. The van der Waals surface area contributed by atoms with Gasteiger partial charge in [-0.05, 0) is 65.3 Å². The molecule has 0 amide bonds. The molecule has 0 unspecified atom stereocenters. The minimum atomic E-state index is -0.652. The van der Waals surface area contributed by atoms with Crippen LogP contribution >= 0.6 is 34.5 Å². The molecular weight excluding hydrogens is 425 g/mol. The van der Waals surface area contributed by atoms with E-state index in [1.165, 1.54) is 24.5 Å². The van der Waals surface area contributed by atoms with Crippen LogP contribution < -0.4 is 0 Å². The zero-order valence-corrected chi connectivity index (χ0v) is 17.7. The van der Waals surface area contributed by atoms with Crippen molar-refractivity contribution in [2.75, 3.05) is 7.11 Å². The molecule has 144 valence electrons. The van der Waals surface area contributed by atoms with Gasteiger partial charge < -0.3 is 4.74 Å². The minimum Gasteiger partial charge on any atom is -0.465 e. The van der Waals surface area contributed by atoms with Gasteiger partial charge in [-0.15, -0.1) is 11.3 Å². The van der Waals surface area contributed by atoms with Crippen molar-refractivity contribution in [3.8, 4) is 6.07 Å². The van der Waals surface area contributed by atoms with Gasteiger partial charge in [0.25, 0.3) is 0 Å². The lowest BCUT2D eigenvalue weighted by molar-refractivity contribution is -0.135. The third-order valence-electron chi connectivity index (χ3n) is 4.06. The topological polar surface area (TPSA) is 50.1 Å². The maximum atomic E-state index is 11.6. The third kappa shape index (κ3) is 5.36. The summed E-state index contributed by atoms with van der Waals surface area (Å²) < 4.78 is 4.62. The summed E-state index contributed by atoms with van der Waals surface area (Å²) in [6.45, 7) is 0. The molecule has 1 heterocycles. The Morgan fingerprint density at radius 3 is 1.83 bits per heavy atom. The normalized spacial score (nSPS) is 10.9. The molecule has 0 N–H and O–H groups in total. The van der Waals surface area contributed by atoms with Crippen molar-refractivity contribution in [1.29, 1.82) is 5.26 Å². The van der Waals surface area contributed by atoms with E-state index < -0.39 is 5.97 Å². The molecule has 0 bridgehead atoms. The van der Waals surface area contributed by atoms with E-state index in [-0.39, 0.29) is 5.57 Å². The number of carbonyl (C=O) groups is 1. The average Bonchev–Trinajstić information content (AvgIpc) is 3.18. The maximum Gasteiger partial charge on any atom is 0.348 e. The van der Waals surface area contributed by atoms with E-state index >= 15 is 0 Å². The van der Waals surface area contributed by atoms with Gasteiger partial charge in [0, 0.05) is 19.8 Å². The zero-order chi connectivity index (χ0) is 20.8. The number of carbonyl (C=O) groups excluding carboxylic acids is 1. The Kier molecular flexibility index (Phi) is 6.90. The van der Waals surface area contributed by atoms with Crippen LogP contribution in [0.4, 0.5) is 0 Å². The number of halogens is 2. The van der Waals surface area contributed by atoms with E-state index in [0.717, 1.165) is 26.5 Å². The first-order valence-corrected chi connectivity index (χ1v) is 10.1. The van der Waals surface area contributed by atoms with Gasteiger partial charge in [0.1, 0.15) is 11.6 Å². The van der Waals surface area contributed by atoms with Gasteiger partial charge in [0.15, 0.2) is 0 Å². The largest absolute Gasteiger partial charge is 0.465 e. The van der Waals surface area contributed by atoms with E-state index in [2.05, 4.69) is 10.8 Å². The first-order chi connectivity index (χ1) is 14.0. The Balaban J connectivity index is 2.03. The molecule has 0 fully saturated rings. The van der Waals surface area contributed by atoms with Crippen molar-refractivity contribution >= 4 is 58.2 Å². The van der Waals surface area contributed by atoms with Crippen molar-refractivity contribution in [2.24, 2.45) is 0 Å². The summed E-state index contributed by atoms with van der Waals surface area (Å²) in [5.74, 6) is -0.652. The molecule has 0 saturated heterocycles. The van der Waals surface area contributed by atoms with Crippen LogP contribution in [0.15, 0.2) is 66.2 Å². The Labute approximate surface area is 183 Å². The molecule has 0 aliphatic carbocycles. The van der Waals surface area contributed by atoms with Gasteiger partial charge >= 0.3 is 5.97 Å². The standard InChI is InChI=1S/C23H15Cl2NO2S/c1-28-23(27)17(14-26)12-20-10-11-21(29-20)13-22(15-2-6-18(24)7-3-15)16-4-8-19(25)9-5-16/h2-13H,1H3.